The van der Waals surface area contributed by atoms with Crippen LogP contribution < -0.4 is 5.32 Å². The van der Waals surface area contributed by atoms with Gasteiger partial charge in [-0.15, -0.1) is 0 Å². The van der Waals surface area contributed by atoms with Gasteiger partial charge in [-0.1, -0.05) is 31.5 Å². The third-order valence-corrected chi connectivity index (χ3v) is 3.86. The Bertz CT molecular complexity index is 519. The minimum absolute atomic E-state index is 0.0289. The molecular weight excluding hydrogens is 280 g/mol. The second-order valence-electron chi connectivity index (χ2n) is 6.00. The maximum absolute atomic E-state index is 12.6. The first-order chi connectivity index (χ1) is 10.5. The van der Waals surface area contributed by atoms with Crippen molar-refractivity contribution in [3.8, 4) is 0 Å². The van der Waals surface area contributed by atoms with E-state index in [2.05, 4.69) is 5.32 Å². The first-order valence-electron chi connectivity index (χ1n) is 7.73. The van der Waals surface area contributed by atoms with Crippen LogP contribution in [-0.4, -0.2) is 49.1 Å². The van der Waals surface area contributed by atoms with Gasteiger partial charge < -0.3 is 15.0 Å². The van der Waals surface area contributed by atoms with Crippen LogP contribution in [-0.2, 0) is 9.53 Å². The van der Waals surface area contributed by atoms with Crippen molar-refractivity contribution in [2.24, 2.45) is 5.92 Å². The predicted octanol–water partition coefficient (Wildman–Crippen LogP) is 1.61. The van der Waals surface area contributed by atoms with Gasteiger partial charge in [-0.2, -0.15) is 0 Å². The molecule has 2 rings (SSSR count). The molecule has 1 fully saturated rings. The highest BCUT2D eigenvalue weighted by Gasteiger charge is 2.29. The van der Waals surface area contributed by atoms with Crippen molar-refractivity contribution in [1.29, 1.82) is 0 Å². The molecule has 1 atom stereocenters. The number of rotatable bonds is 4. The van der Waals surface area contributed by atoms with Crippen molar-refractivity contribution >= 4 is 11.8 Å². The van der Waals surface area contributed by atoms with E-state index in [4.69, 9.17) is 4.74 Å². The Morgan fingerprint density at radius 3 is 2.27 bits per heavy atom. The van der Waals surface area contributed by atoms with Gasteiger partial charge in [0.15, 0.2) is 0 Å². The van der Waals surface area contributed by atoms with Crippen LogP contribution in [0.25, 0.3) is 0 Å². The summed E-state index contributed by atoms with van der Waals surface area (Å²) in [6.07, 6.45) is 0. The summed E-state index contributed by atoms with van der Waals surface area (Å²) in [5, 5.41) is 2.88. The largest absolute Gasteiger partial charge is 0.378 e. The first-order valence-corrected chi connectivity index (χ1v) is 7.73. The Kier molecular flexibility index (Phi) is 5.55. The van der Waals surface area contributed by atoms with Gasteiger partial charge in [0, 0.05) is 18.7 Å². The van der Waals surface area contributed by atoms with Gasteiger partial charge in [-0.05, 0) is 25.0 Å². The van der Waals surface area contributed by atoms with E-state index in [9.17, 15) is 9.59 Å². The third kappa shape index (κ3) is 4.07. The Hall–Kier alpha value is -1.88. The third-order valence-electron chi connectivity index (χ3n) is 3.86. The van der Waals surface area contributed by atoms with E-state index in [1.807, 2.05) is 32.9 Å². The normalized spacial score (nSPS) is 16.5. The smallest absolute Gasteiger partial charge is 0.251 e. The quantitative estimate of drug-likeness (QED) is 0.919. The molecule has 1 aromatic carbocycles. The maximum Gasteiger partial charge on any atom is 0.251 e. The summed E-state index contributed by atoms with van der Waals surface area (Å²) in [6, 6.07) is 6.83. The average molecular weight is 304 g/mol. The zero-order valence-electron chi connectivity index (χ0n) is 13.5. The molecule has 0 saturated carbocycles. The van der Waals surface area contributed by atoms with Gasteiger partial charge in [0.2, 0.25) is 5.91 Å². The Balaban J connectivity index is 2.06. The molecule has 0 aliphatic carbocycles. The van der Waals surface area contributed by atoms with Gasteiger partial charge in [-0.3, -0.25) is 9.59 Å². The van der Waals surface area contributed by atoms with Crippen LogP contribution in [0.15, 0.2) is 24.3 Å². The van der Waals surface area contributed by atoms with E-state index >= 15 is 0 Å². The minimum atomic E-state index is -0.507. The van der Waals surface area contributed by atoms with Crippen molar-refractivity contribution in [1.82, 2.24) is 10.2 Å². The number of aryl methyl sites for hydroxylation is 1. The lowest BCUT2D eigenvalue weighted by molar-refractivity contribution is -0.138. The van der Waals surface area contributed by atoms with Gasteiger partial charge in [0.05, 0.1) is 13.2 Å². The molecular formula is C17H24N2O3. The molecule has 5 nitrogen and oxygen atoms in total. The lowest BCUT2D eigenvalue weighted by Gasteiger charge is -2.32. The number of nitrogens with zero attached hydrogens (tertiary/aromatic N) is 1. The Morgan fingerprint density at radius 2 is 1.73 bits per heavy atom. The number of ether oxygens (including phenoxy) is 1. The summed E-state index contributed by atoms with van der Waals surface area (Å²) in [5.74, 6) is -0.205. The number of hydrogen-bond donors (Lipinski definition) is 1. The molecule has 22 heavy (non-hydrogen) atoms. The van der Waals surface area contributed by atoms with E-state index in [0.29, 0.717) is 31.9 Å². The van der Waals surface area contributed by atoms with Crippen molar-refractivity contribution in [2.75, 3.05) is 26.3 Å². The van der Waals surface area contributed by atoms with Crippen LogP contribution in [0.2, 0.25) is 0 Å². The summed E-state index contributed by atoms with van der Waals surface area (Å²) in [6.45, 7) is 8.15. The van der Waals surface area contributed by atoms with E-state index in [1.165, 1.54) is 0 Å². The van der Waals surface area contributed by atoms with E-state index in [-0.39, 0.29) is 17.7 Å². The van der Waals surface area contributed by atoms with Crippen LogP contribution in [0.1, 0.15) is 29.8 Å². The number of hydrogen-bond acceptors (Lipinski definition) is 3. The zero-order valence-corrected chi connectivity index (χ0v) is 13.5. The van der Waals surface area contributed by atoms with Crippen molar-refractivity contribution in [3.63, 3.8) is 0 Å². The molecule has 1 aromatic rings. The summed E-state index contributed by atoms with van der Waals surface area (Å²) >= 11 is 0. The molecule has 1 aliphatic rings. The van der Waals surface area contributed by atoms with Crippen molar-refractivity contribution in [2.45, 2.75) is 26.8 Å². The minimum Gasteiger partial charge on any atom is -0.378 e. The van der Waals surface area contributed by atoms with E-state index in [0.717, 1.165) is 5.56 Å². The van der Waals surface area contributed by atoms with E-state index in [1.54, 1.807) is 17.0 Å². The number of carbonyl (C=O) groups is 2. The molecule has 0 unspecified atom stereocenters. The molecule has 5 heteroatoms. The van der Waals surface area contributed by atoms with Gasteiger partial charge >= 0.3 is 0 Å². The van der Waals surface area contributed by atoms with E-state index < -0.39 is 6.04 Å². The molecule has 120 valence electrons. The second kappa shape index (κ2) is 7.40. The standard InChI is InChI=1S/C17H24N2O3/c1-12(2)15(17(21)19-8-10-22-11-9-19)18-16(20)14-6-4-13(3)5-7-14/h4-7,12,15H,8-11H2,1-3H3,(H,18,20)/t15-/m0/s1. The van der Waals surface area contributed by atoms with Gasteiger partial charge in [-0.25, -0.2) is 0 Å². The SMILES string of the molecule is Cc1ccc(C(=O)N[C@H](C(=O)N2CCOCC2)C(C)C)cc1. The predicted molar refractivity (Wildman–Crippen MR) is 84.7 cm³/mol. The molecule has 1 saturated heterocycles. The summed E-state index contributed by atoms with van der Waals surface area (Å²) in [4.78, 5) is 26.7. The number of morpholine rings is 1. The summed E-state index contributed by atoms with van der Waals surface area (Å²) < 4.78 is 5.27. The monoisotopic (exact) mass is 304 g/mol. The number of carbonyl (C=O) groups excluding carboxylic acids is 2. The maximum atomic E-state index is 12.6. The van der Waals surface area contributed by atoms with Crippen molar-refractivity contribution in [3.05, 3.63) is 35.4 Å². The lowest BCUT2D eigenvalue weighted by Crippen LogP contribution is -2.53. The van der Waals surface area contributed by atoms with Gasteiger partial charge in [0.25, 0.3) is 5.91 Å². The fourth-order valence-electron chi connectivity index (χ4n) is 2.42. The molecule has 0 spiro atoms. The van der Waals surface area contributed by atoms with Crippen LogP contribution in [0.4, 0.5) is 0 Å². The molecule has 2 amide bonds. The molecule has 0 radical (unpaired) electrons. The molecule has 0 aromatic heterocycles. The fraction of sp³-hybridized carbons (Fsp3) is 0.529. The number of amides is 2. The van der Waals surface area contributed by atoms with Crippen LogP contribution in [0.3, 0.4) is 0 Å². The highest BCUT2D eigenvalue weighted by Crippen LogP contribution is 2.10. The van der Waals surface area contributed by atoms with Crippen LogP contribution in [0.5, 0.6) is 0 Å². The fourth-order valence-corrected chi connectivity index (χ4v) is 2.42. The lowest BCUT2D eigenvalue weighted by atomic mass is 10.0. The molecule has 1 heterocycles. The Labute approximate surface area is 131 Å². The average Bonchev–Trinajstić information content (AvgIpc) is 2.53. The number of nitrogens with one attached hydrogen (secondary N) is 1. The summed E-state index contributed by atoms with van der Waals surface area (Å²) in [7, 11) is 0. The second-order valence-corrected chi connectivity index (χ2v) is 6.00. The first kappa shape index (κ1) is 16.5. The molecule has 1 N–H and O–H groups in total. The molecule has 0 bridgehead atoms. The van der Waals surface area contributed by atoms with Crippen LogP contribution >= 0.6 is 0 Å². The Morgan fingerprint density at radius 1 is 1.14 bits per heavy atom. The van der Waals surface area contributed by atoms with Crippen LogP contribution in [0, 0.1) is 12.8 Å². The highest BCUT2D eigenvalue weighted by atomic mass is 16.5. The topological polar surface area (TPSA) is 58.6 Å². The summed E-state index contributed by atoms with van der Waals surface area (Å²) in [5.41, 5.74) is 1.67. The number of benzene rings is 1. The molecule has 1 aliphatic heterocycles. The van der Waals surface area contributed by atoms with Crippen molar-refractivity contribution < 1.29 is 14.3 Å². The van der Waals surface area contributed by atoms with Gasteiger partial charge in [0.1, 0.15) is 6.04 Å². The zero-order chi connectivity index (χ0) is 16.1. The highest BCUT2D eigenvalue weighted by molar-refractivity contribution is 5.97.